The van der Waals surface area contributed by atoms with E-state index < -0.39 is 0 Å². The van der Waals surface area contributed by atoms with Crippen LogP contribution in [0.3, 0.4) is 0 Å². The molecule has 0 aromatic carbocycles. The van der Waals surface area contributed by atoms with E-state index in [1.807, 2.05) is 6.92 Å². The molecule has 3 heterocycles. The highest BCUT2D eigenvalue weighted by Gasteiger charge is 2.46. The average molecular weight is 316 g/mol. The van der Waals surface area contributed by atoms with Crippen molar-refractivity contribution in [2.75, 3.05) is 18.1 Å². The van der Waals surface area contributed by atoms with E-state index in [-0.39, 0.29) is 11.7 Å². The van der Waals surface area contributed by atoms with Gasteiger partial charge in [0.2, 0.25) is 11.8 Å². The van der Waals surface area contributed by atoms with Crippen LogP contribution >= 0.6 is 0 Å². The summed E-state index contributed by atoms with van der Waals surface area (Å²) >= 11 is 0. The fourth-order valence-electron chi connectivity index (χ4n) is 3.53. The molecule has 2 N–H and O–H groups in total. The van der Waals surface area contributed by atoms with Crippen molar-refractivity contribution in [1.29, 1.82) is 0 Å². The first-order chi connectivity index (χ1) is 11.3. The zero-order valence-corrected chi connectivity index (χ0v) is 13.0. The summed E-state index contributed by atoms with van der Waals surface area (Å²) in [6.07, 6.45) is 5.28. The number of aromatic nitrogens is 5. The number of nitrogens with one attached hydrogen (secondary N) is 2. The molecule has 0 spiro atoms. The van der Waals surface area contributed by atoms with Crippen molar-refractivity contribution < 1.29 is 4.74 Å². The van der Waals surface area contributed by atoms with Crippen molar-refractivity contribution in [3.63, 3.8) is 0 Å². The first-order valence-corrected chi connectivity index (χ1v) is 8.13. The molecule has 0 amide bonds. The minimum absolute atomic E-state index is 0.0123. The molecule has 8 nitrogen and oxygen atoms in total. The number of nitrogens with zero attached hydrogens (tertiary/aromatic N) is 4. The maximum Gasteiger partial charge on any atom is 0.340 e. The maximum atomic E-state index is 11.5. The third kappa shape index (κ3) is 2.69. The number of ether oxygens (including phenoxy) is 1. The van der Waals surface area contributed by atoms with Crippen LogP contribution in [0, 0.1) is 11.8 Å². The molecule has 23 heavy (non-hydrogen) atoms. The standard InChI is InChI=1S/C15H20N6O2/c1-2-23-11-5-7-16-14(17-11)21-8-6-10(9-3-4-9)12(21)13-18-15(22)20-19-13/h5,7,9-10,12H,2-4,6,8H2,1H3,(H2,18,19,20,22). The Morgan fingerprint density at radius 3 is 2.96 bits per heavy atom. The fourth-order valence-corrected chi connectivity index (χ4v) is 3.53. The lowest BCUT2D eigenvalue weighted by molar-refractivity contribution is 0.325. The van der Waals surface area contributed by atoms with Crippen molar-refractivity contribution in [3.05, 3.63) is 28.6 Å². The fraction of sp³-hybridized carbons (Fsp3) is 0.600. The Morgan fingerprint density at radius 1 is 1.39 bits per heavy atom. The Labute approximate surface area is 133 Å². The molecule has 1 aliphatic heterocycles. The number of aromatic amines is 2. The third-order valence-electron chi connectivity index (χ3n) is 4.64. The summed E-state index contributed by atoms with van der Waals surface area (Å²) in [4.78, 5) is 25.3. The first kappa shape index (κ1) is 14.2. The number of hydrogen-bond acceptors (Lipinski definition) is 6. The number of hydrogen-bond donors (Lipinski definition) is 2. The zero-order valence-electron chi connectivity index (χ0n) is 13.0. The monoisotopic (exact) mass is 316 g/mol. The van der Waals surface area contributed by atoms with E-state index in [1.54, 1.807) is 12.3 Å². The minimum atomic E-state index is -0.273. The molecular weight excluding hydrogens is 296 g/mol. The van der Waals surface area contributed by atoms with E-state index in [0.29, 0.717) is 36.1 Å². The van der Waals surface area contributed by atoms with Gasteiger partial charge in [-0.3, -0.25) is 4.98 Å². The van der Waals surface area contributed by atoms with Crippen molar-refractivity contribution in [3.8, 4) is 5.88 Å². The Hall–Kier alpha value is -2.38. The molecule has 2 aromatic rings. The van der Waals surface area contributed by atoms with Gasteiger partial charge in [0, 0.05) is 18.8 Å². The Bertz CT molecular complexity index is 737. The van der Waals surface area contributed by atoms with Gasteiger partial charge in [0.25, 0.3) is 0 Å². The van der Waals surface area contributed by atoms with Crippen LogP contribution in [0.25, 0.3) is 0 Å². The predicted molar refractivity (Wildman–Crippen MR) is 83.3 cm³/mol. The van der Waals surface area contributed by atoms with Crippen LogP contribution in [0.1, 0.15) is 38.1 Å². The summed E-state index contributed by atoms with van der Waals surface area (Å²) in [7, 11) is 0. The second-order valence-electron chi connectivity index (χ2n) is 6.12. The number of rotatable bonds is 5. The van der Waals surface area contributed by atoms with Crippen molar-refractivity contribution in [2.45, 2.75) is 32.2 Å². The zero-order chi connectivity index (χ0) is 15.8. The summed E-state index contributed by atoms with van der Waals surface area (Å²) in [5, 5.41) is 6.65. The molecule has 2 atom stereocenters. The predicted octanol–water partition coefficient (Wildman–Crippen LogP) is 1.26. The number of H-pyrrole nitrogens is 2. The van der Waals surface area contributed by atoms with Gasteiger partial charge in [-0.15, -0.1) is 0 Å². The Balaban J connectivity index is 1.68. The van der Waals surface area contributed by atoms with Gasteiger partial charge in [0.05, 0.1) is 12.6 Å². The molecule has 1 saturated carbocycles. The molecule has 4 rings (SSSR count). The number of anilines is 1. The molecule has 0 bridgehead atoms. The highest BCUT2D eigenvalue weighted by Crippen LogP contribution is 2.50. The molecule has 8 heteroatoms. The summed E-state index contributed by atoms with van der Waals surface area (Å²) in [5.41, 5.74) is -0.273. The van der Waals surface area contributed by atoms with E-state index in [0.717, 1.165) is 13.0 Å². The lowest BCUT2D eigenvalue weighted by Crippen LogP contribution is -2.29. The smallest absolute Gasteiger partial charge is 0.340 e. The van der Waals surface area contributed by atoms with Gasteiger partial charge in [0.1, 0.15) is 0 Å². The highest BCUT2D eigenvalue weighted by molar-refractivity contribution is 5.38. The van der Waals surface area contributed by atoms with Crippen LogP contribution in [0.2, 0.25) is 0 Å². The third-order valence-corrected chi connectivity index (χ3v) is 4.64. The van der Waals surface area contributed by atoms with Gasteiger partial charge in [-0.05, 0) is 38.0 Å². The topological polar surface area (TPSA) is 99.8 Å². The highest BCUT2D eigenvalue weighted by atomic mass is 16.5. The second kappa shape index (κ2) is 5.68. The van der Waals surface area contributed by atoms with Gasteiger partial charge < -0.3 is 9.64 Å². The quantitative estimate of drug-likeness (QED) is 0.861. The Kier molecular flexibility index (Phi) is 3.51. The van der Waals surface area contributed by atoms with Crippen molar-refractivity contribution in [1.82, 2.24) is 25.1 Å². The van der Waals surface area contributed by atoms with Gasteiger partial charge in [-0.2, -0.15) is 10.1 Å². The van der Waals surface area contributed by atoms with E-state index in [2.05, 4.69) is 30.0 Å². The van der Waals surface area contributed by atoms with Crippen molar-refractivity contribution >= 4 is 5.95 Å². The second-order valence-corrected chi connectivity index (χ2v) is 6.12. The molecule has 0 radical (unpaired) electrons. The maximum absolute atomic E-state index is 11.5. The van der Waals surface area contributed by atoms with Crippen LogP contribution in [0.15, 0.2) is 17.1 Å². The van der Waals surface area contributed by atoms with Crippen molar-refractivity contribution in [2.24, 2.45) is 11.8 Å². The van der Waals surface area contributed by atoms with Gasteiger partial charge in [-0.25, -0.2) is 14.9 Å². The van der Waals surface area contributed by atoms with Crippen LogP contribution < -0.4 is 15.3 Å². The minimum Gasteiger partial charge on any atom is -0.478 e. The molecule has 1 saturated heterocycles. The van der Waals surface area contributed by atoms with Gasteiger partial charge in [-0.1, -0.05) is 0 Å². The van der Waals surface area contributed by atoms with Crippen LogP contribution in [0.4, 0.5) is 5.95 Å². The molecule has 2 aliphatic rings. The molecule has 1 aliphatic carbocycles. The Morgan fingerprint density at radius 2 is 2.26 bits per heavy atom. The van der Waals surface area contributed by atoms with Gasteiger partial charge in [0.15, 0.2) is 5.82 Å². The summed E-state index contributed by atoms with van der Waals surface area (Å²) in [6, 6.07) is 1.77. The lowest BCUT2D eigenvalue weighted by Gasteiger charge is -2.26. The van der Waals surface area contributed by atoms with E-state index >= 15 is 0 Å². The lowest BCUT2D eigenvalue weighted by atomic mass is 9.94. The van der Waals surface area contributed by atoms with Crippen LogP contribution in [-0.2, 0) is 0 Å². The summed E-state index contributed by atoms with van der Waals surface area (Å²) < 4.78 is 5.48. The molecule has 2 fully saturated rings. The van der Waals surface area contributed by atoms with E-state index in [9.17, 15) is 4.79 Å². The normalized spacial score (nSPS) is 24.1. The summed E-state index contributed by atoms with van der Waals surface area (Å²) in [5.74, 6) is 3.07. The SMILES string of the molecule is CCOc1ccnc(N2CCC(C3CC3)C2c2n[nH]c(=O)[nH]2)n1. The van der Waals surface area contributed by atoms with Crippen LogP contribution in [-0.4, -0.2) is 38.3 Å². The largest absolute Gasteiger partial charge is 0.478 e. The molecular formula is C15H20N6O2. The molecule has 2 aromatic heterocycles. The molecule has 2 unspecified atom stereocenters. The first-order valence-electron chi connectivity index (χ1n) is 8.13. The van der Waals surface area contributed by atoms with E-state index in [1.165, 1.54) is 12.8 Å². The summed E-state index contributed by atoms with van der Waals surface area (Å²) in [6.45, 7) is 3.35. The van der Waals surface area contributed by atoms with E-state index in [4.69, 9.17) is 4.74 Å². The average Bonchev–Trinajstić information content (AvgIpc) is 3.15. The van der Waals surface area contributed by atoms with Gasteiger partial charge >= 0.3 is 5.69 Å². The molecule has 122 valence electrons. The van der Waals surface area contributed by atoms with Crippen LogP contribution in [0.5, 0.6) is 5.88 Å².